The Bertz CT molecular complexity index is 875. The van der Waals surface area contributed by atoms with Gasteiger partial charge in [-0.1, -0.05) is 35.5 Å². The quantitative estimate of drug-likeness (QED) is 0.805. The molecule has 2 heterocycles. The van der Waals surface area contributed by atoms with Gasteiger partial charge in [0, 0.05) is 17.3 Å². The van der Waals surface area contributed by atoms with Crippen molar-refractivity contribution in [1.82, 2.24) is 9.72 Å². The lowest BCUT2D eigenvalue weighted by Gasteiger charge is -2.17. The van der Waals surface area contributed by atoms with Crippen LogP contribution in [0.2, 0.25) is 0 Å². The van der Waals surface area contributed by atoms with E-state index in [-0.39, 0.29) is 17.3 Å². The fourth-order valence-electron chi connectivity index (χ4n) is 2.84. The molecule has 3 aromatic rings. The van der Waals surface area contributed by atoms with Crippen LogP contribution < -0.4 is 11.3 Å². The number of pyridine rings is 1. The number of anilines is 1. The molecule has 0 fully saturated rings. The van der Waals surface area contributed by atoms with Crippen molar-refractivity contribution in [2.45, 2.75) is 26.8 Å². The van der Waals surface area contributed by atoms with Gasteiger partial charge in [-0.25, -0.2) is 0 Å². The largest absolute Gasteiger partial charge is 0.394 e. The Balaban J connectivity index is 2.17. The van der Waals surface area contributed by atoms with E-state index in [0.717, 1.165) is 22.4 Å². The fourth-order valence-corrected chi connectivity index (χ4v) is 2.84. The Labute approximate surface area is 134 Å². The molecule has 0 bridgehead atoms. The number of nitrogen functional groups attached to an aromatic ring is 1. The standard InChI is InChI=1S/C18H19N3O2/c1-11-17(13(3)23-20-11)15-9-16(19)18(22)21(10-15)12(2)14-7-5-4-6-8-14/h4-10,12H,19H2,1-3H3. The molecule has 2 aromatic heterocycles. The van der Waals surface area contributed by atoms with Crippen molar-refractivity contribution in [3.8, 4) is 11.1 Å². The molecule has 0 saturated carbocycles. The Morgan fingerprint density at radius 2 is 1.91 bits per heavy atom. The summed E-state index contributed by atoms with van der Waals surface area (Å²) < 4.78 is 6.89. The Hall–Kier alpha value is -2.82. The van der Waals surface area contributed by atoms with E-state index in [1.807, 2.05) is 57.3 Å². The van der Waals surface area contributed by atoms with Crippen molar-refractivity contribution < 1.29 is 4.52 Å². The molecular weight excluding hydrogens is 290 g/mol. The van der Waals surface area contributed by atoms with E-state index in [9.17, 15) is 4.79 Å². The van der Waals surface area contributed by atoms with Gasteiger partial charge in [0.15, 0.2) is 0 Å². The minimum absolute atomic E-state index is 0.119. The second-order valence-electron chi connectivity index (χ2n) is 5.68. The molecule has 0 radical (unpaired) electrons. The molecule has 1 aromatic carbocycles. The number of hydrogen-bond acceptors (Lipinski definition) is 4. The van der Waals surface area contributed by atoms with Crippen LogP contribution in [0.1, 0.15) is 30.0 Å². The first-order valence-electron chi connectivity index (χ1n) is 7.49. The number of rotatable bonds is 3. The van der Waals surface area contributed by atoms with Crippen molar-refractivity contribution in [3.05, 3.63) is 70.0 Å². The van der Waals surface area contributed by atoms with Crippen molar-refractivity contribution in [2.75, 3.05) is 5.73 Å². The van der Waals surface area contributed by atoms with Crippen LogP contribution in [-0.4, -0.2) is 9.72 Å². The predicted octanol–water partition coefficient (Wildman–Crippen LogP) is 3.31. The molecule has 3 rings (SSSR count). The Morgan fingerprint density at radius 1 is 1.22 bits per heavy atom. The van der Waals surface area contributed by atoms with Gasteiger partial charge in [-0.15, -0.1) is 0 Å². The van der Waals surface area contributed by atoms with Crippen LogP contribution in [0.4, 0.5) is 5.69 Å². The number of aryl methyl sites for hydroxylation is 2. The van der Waals surface area contributed by atoms with E-state index in [4.69, 9.17) is 10.3 Å². The third kappa shape index (κ3) is 2.65. The molecule has 2 N–H and O–H groups in total. The van der Waals surface area contributed by atoms with Gasteiger partial charge in [-0.2, -0.15) is 0 Å². The van der Waals surface area contributed by atoms with E-state index < -0.39 is 0 Å². The van der Waals surface area contributed by atoms with Crippen LogP contribution in [0.5, 0.6) is 0 Å². The summed E-state index contributed by atoms with van der Waals surface area (Å²) in [7, 11) is 0. The summed E-state index contributed by atoms with van der Waals surface area (Å²) in [4.78, 5) is 12.5. The van der Waals surface area contributed by atoms with Crippen molar-refractivity contribution in [3.63, 3.8) is 0 Å². The molecule has 23 heavy (non-hydrogen) atoms. The van der Waals surface area contributed by atoms with Gasteiger partial charge in [-0.05, 0) is 32.4 Å². The first-order chi connectivity index (χ1) is 11.0. The number of benzene rings is 1. The van der Waals surface area contributed by atoms with E-state index in [0.29, 0.717) is 5.76 Å². The van der Waals surface area contributed by atoms with Crippen LogP contribution in [0.3, 0.4) is 0 Å². The zero-order valence-electron chi connectivity index (χ0n) is 13.4. The first kappa shape index (κ1) is 15.1. The lowest BCUT2D eigenvalue weighted by Crippen LogP contribution is -2.26. The highest BCUT2D eigenvalue weighted by atomic mass is 16.5. The van der Waals surface area contributed by atoms with E-state index in [2.05, 4.69) is 5.16 Å². The number of hydrogen-bond donors (Lipinski definition) is 1. The van der Waals surface area contributed by atoms with Gasteiger partial charge in [0.2, 0.25) is 0 Å². The zero-order chi connectivity index (χ0) is 16.6. The summed E-state index contributed by atoms with van der Waals surface area (Å²) in [6.45, 7) is 5.70. The molecule has 5 nitrogen and oxygen atoms in total. The molecule has 5 heteroatoms. The van der Waals surface area contributed by atoms with Crippen LogP contribution >= 0.6 is 0 Å². The van der Waals surface area contributed by atoms with Gasteiger partial charge >= 0.3 is 0 Å². The molecule has 118 valence electrons. The van der Waals surface area contributed by atoms with Crippen LogP contribution in [0.15, 0.2) is 51.9 Å². The van der Waals surface area contributed by atoms with Gasteiger partial charge in [0.25, 0.3) is 5.56 Å². The normalized spacial score (nSPS) is 12.3. The highest BCUT2D eigenvalue weighted by Crippen LogP contribution is 2.28. The second kappa shape index (κ2) is 5.76. The average molecular weight is 309 g/mol. The maximum atomic E-state index is 12.5. The fraction of sp³-hybridized carbons (Fsp3) is 0.222. The molecular formula is C18H19N3O2. The number of nitrogens with zero attached hydrogens (tertiary/aromatic N) is 2. The highest BCUT2D eigenvalue weighted by Gasteiger charge is 2.17. The molecule has 0 saturated heterocycles. The third-order valence-corrected chi connectivity index (χ3v) is 4.09. The van der Waals surface area contributed by atoms with Gasteiger partial charge in [-0.3, -0.25) is 4.79 Å². The smallest absolute Gasteiger partial charge is 0.274 e. The second-order valence-corrected chi connectivity index (χ2v) is 5.68. The van der Waals surface area contributed by atoms with Crippen LogP contribution in [-0.2, 0) is 0 Å². The van der Waals surface area contributed by atoms with Gasteiger partial charge in [0.05, 0.1) is 17.4 Å². The highest BCUT2D eigenvalue weighted by molar-refractivity contribution is 5.69. The average Bonchev–Trinajstić information content (AvgIpc) is 2.89. The summed E-state index contributed by atoms with van der Waals surface area (Å²) in [5.41, 5.74) is 9.51. The third-order valence-electron chi connectivity index (χ3n) is 4.09. The summed E-state index contributed by atoms with van der Waals surface area (Å²) in [6.07, 6.45) is 1.82. The van der Waals surface area contributed by atoms with Crippen LogP contribution in [0.25, 0.3) is 11.1 Å². The SMILES string of the molecule is Cc1noc(C)c1-c1cc(N)c(=O)n(C(C)c2ccccc2)c1. The molecule has 0 spiro atoms. The molecule has 0 aliphatic rings. The van der Waals surface area contributed by atoms with E-state index >= 15 is 0 Å². The predicted molar refractivity (Wildman–Crippen MR) is 90.3 cm³/mol. The maximum absolute atomic E-state index is 12.5. The topological polar surface area (TPSA) is 74.1 Å². The summed E-state index contributed by atoms with van der Waals surface area (Å²) in [5, 5.41) is 3.97. The minimum Gasteiger partial charge on any atom is -0.394 e. The zero-order valence-corrected chi connectivity index (χ0v) is 13.4. The number of nitrogens with two attached hydrogens (primary N) is 1. The monoisotopic (exact) mass is 309 g/mol. The maximum Gasteiger partial charge on any atom is 0.274 e. The van der Waals surface area contributed by atoms with Crippen molar-refractivity contribution in [2.24, 2.45) is 0 Å². The van der Waals surface area contributed by atoms with E-state index in [1.54, 1.807) is 10.6 Å². The molecule has 0 aliphatic carbocycles. The molecule has 1 unspecified atom stereocenters. The summed E-state index contributed by atoms with van der Waals surface area (Å²) in [5.74, 6) is 0.708. The van der Waals surface area contributed by atoms with Crippen LogP contribution in [0, 0.1) is 13.8 Å². The molecule has 0 amide bonds. The van der Waals surface area contributed by atoms with Gasteiger partial charge < -0.3 is 14.8 Å². The van der Waals surface area contributed by atoms with Gasteiger partial charge in [0.1, 0.15) is 5.76 Å². The Morgan fingerprint density at radius 3 is 2.52 bits per heavy atom. The lowest BCUT2D eigenvalue weighted by atomic mass is 10.0. The summed E-state index contributed by atoms with van der Waals surface area (Å²) >= 11 is 0. The minimum atomic E-state index is -0.197. The van der Waals surface area contributed by atoms with E-state index in [1.165, 1.54) is 0 Å². The van der Waals surface area contributed by atoms with Crippen molar-refractivity contribution in [1.29, 1.82) is 0 Å². The molecule has 0 aliphatic heterocycles. The first-order valence-corrected chi connectivity index (χ1v) is 7.49. The number of aromatic nitrogens is 2. The molecule has 1 atom stereocenters. The lowest BCUT2D eigenvalue weighted by molar-refractivity contribution is 0.393. The Kier molecular flexibility index (Phi) is 3.78. The van der Waals surface area contributed by atoms with Crippen molar-refractivity contribution >= 4 is 5.69 Å². The summed E-state index contributed by atoms with van der Waals surface area (Å²) in [6, 6.07) is 11.4.